The quantitative estimate of drug-likeness (QED) is 0.117. The summed E-state index contributed by atoms with van der Waals surface area (Å²) in [6.45, 7) is 10.6. The fraction of sp³-hybridized carbons (Fsp3) is 0.490. The molecule has 5 aliphatic heterocycles. The number of carbonyl (C=O) groups is 1. The number of nitrogens with zero attached hydrogens (tertiary/aromatic N) is 7. The lowest BCUT2D eigenvalue weighted by molar-refractivity contribution is -0.137. The first-order valence-corrected chi connectivity index (χ1v) is 23.6. The minimum Gasteiger partial charge on any atom is -0.497 e. The summed E-state index contributed by atoms with van der Waals surface area (Å²) in [7, 11) is 3.05. The van der Waals surface area contributed by atoms with Gasteiger partial charge in [-0.3, -0.25) is 9.80 Å². The van der Waals surface area contributed by atoms with Gasteiger partial charge in [0.25, 0.3) is 0 Å². The highest BCUT2D eigenvalue weighted by Gasteiger charge is 2.54. The highest BCUT2D eigenvalue weighted by molar-refractivity contribution is 5.98. The van der Waals surface area contributed by atoms with Crippen molar-refractivity contribution in [1.82, 2.24) is 24.8 Å². The van der Waals surface area contributed by atoms with Crippen molar-refractivity contribution < 1.29 is 55.2 Å². The van der Waals surface area contributed by atoms with Crippen LogP contribution >= 0.6 is 0 Å². The van der Waals surface area contributed by atoms with Gasteiger partial charge in [0.1, 0.15) is 58.0 Å². The van der Waals surface area contributed by atoms with Crippen LogP contribution in [0.3, 0.4) is 0 Å². The zero-order valence-electron chi connectivity index (χ0n) is 40.1. The van der Waals surface area contributed by atoms with Gasteiger partial charge >= 0.3 is 18.3 Å². The van der Waals surface area contributed by atoms with Crippen LogP contribution in [0, 0.1) is 18.6 Å². The third kappa shape index (κ3) is 8.72. The summed E-state index contributed by atoms with van der Waals surface area (Å²) in [5, 5.41) is 0.0400. The number of morpholine rings is 1. The van der Waals surface area contributed by atoms with E-state index in [-0.39, 0.29) is 78.7 Å². The predicted octanol–water partition coefficient (Wildman–Crippen LogP) is 9.11. The van der Waals surface area contributed by atoms with Crippen molar-refractivity contribution in [2.45, 2.75) is 115 Å². The van der Waals surface area contributed by atoms with Gasteiger partial charge in [-0.25, -0.2) is 18.6 Å². The number of methoxy groups -OCH3 is 2. The van der Waals surface area contributed by atoms with E-state index in [0.717, 1.165) is 26.0 Å². The number of fused-ring (bicyclic) bond motifs is 6. The van der Waals surface area contributed by atoms with Crippen molar-refractivity contribution in [3.05, 3.63) is 88.5 Å². The first-order valence-electron chi connectivity index (χ1n) is 23.6. The maximum Gasteiger partial charge on any atom is 0.417 e. The van der Waals surface area contributed by atoms with E-state index >= 15 is 22.0 Å². The average Bonchev–Trinajstić information content (AvgIpc) is 3.56. The van der Waals surface area contributed by atoms with Crippen LogP contribution in [0.25, 0.3) is 22.2 Å². The molecule has 0 aliphatic carbocycles. The monoisotopic (exact) mass is 973 g/mol. The molecule has 0 N–H and O–H groups in total. The van der Waals surface area contributed by atoms with Crippen molar-refractivity contribution in [2.24, 2.45) is 0 Å². The number of aromatic nitrogens is 3. The molecule has 10 rings (SSSR count). The van der Waals surface area contributed by atoms with Gasteiger partial charge in [0.15, 0.2) is 5.82 Å². The molecule has 2 bridgehead atoms. The molecule has 70 heavy (non-hydrogen) atoms. The molecule has 5 aromatic rings. The predicted molar refractivity (Wildman–Crippen MR) is 250 cm³/mol. The van der Waals surface area contributed by atoms with Crippen LogP contribution in [-0.4, -0.2) is 120 Å². The van der Waals surface area contributed by atoms with E-state index in [4.69, 9.17) is 33.4 Å². The number of anilines is 2. The summed E-state index contributed by atoms with van der Waals surface area (Å²) in [6.07, 6.45) is -4.37. The lowest BCUT2D eigenvalue weighted by atomic mass is 9.93. The van der Waals surface area contributed by atoms with E-state index in [1.165, 1.54) is 14.2 Å². The Bertz CT molecular complexity index is 2740. The second-order valence-electron chi connectivity index (χ2n) is 19.8. The van der Waals surface area contributed by atoms with Gasteiger partial charge < -0.3 is 38.2 Å². The van der Waals surface area contributed by atoms with Crippen LogP contribution in [0.15, 0.2) is 54.6 Å². The molecule has 0 radical (unpaired) electrons. The summed E-state index contributed by atoms with van der Waals surface area (Å²) in [5.41, 5.74) is -3.58. The first kappa shape index (κ1) is 47.5. The molecule has 14 nitrogen and oxygen atoms in total. The van der Waals surface area contributed by atoms with Crippen molar-refractivity contribution in [3.8, 4) is 34.6 Å². The number of piperazine rings is 1. The zero-order valence-corrected chi connectivity index (χ0v) is 40.1. The Labute approximate surface area is 402 Å². The Morgan fingerprint density at radius 1 is 0.900 bits per heavy atom. The Balaban J connectivity index is 1.13. The number of hydrogen-bond donors (Lipinski definition) is 0. The average molecular weight is 974 g/mol. The second-order valence-corrected chi connectivity index (χ2v) is 19.8. The molecule has 1 amide bonds. The van der Waals surface area contributed by atoms with Crippen molar-refractivity contribution in [2.75, 3.05) is 56.9 Å². The van der Waals surface area contributed by atoms with Gasteiger partial charge in [-0.1, -0.05) is 24.3 Å². The summed E-state index contributed by atoms with van der Waals surface area (Å²) in [5.74, 6) is -1.17. The molecule has 7 heterocycles. The number of ether oxygens (including phenoxy) is 6. The van der Waals surface area contributed by atoms with Crippen molar-refractivity contribution in [3.63, 3.8) is 0 Å². The minimum absolute atomic E-state index is 0.0128. The molecule has 3 aromatic carbocycles. The molecular weight excluding hydrogens is 918 g/mol. The van der Waals surface area contributed by atoms with E-state index in [1.807, 2.05) is 4.90 Å². The topological polar surface area (TPSA) is 124 Å². The number of hydrogen-bond acceptors (Lipinski definition) is 13. The second kappa shape index (κ2) is 18.2. The molecule has 5 aliphatic rings. The molecule has 2 aromatic heterocycles. The molecule has 372 valence electrons. The van der Waals surface area contributed by atoms with Crippen LogP contribution in [0.5, 0.6) is 23.4 Å². The van der Waals surface area contributed by atoms with E-state index < -0.39 is 70.1 Å². The van der Waals surface area contributed by atoms with Crippen LogP contribution < -0.4 is 28.7 Å². The molecule has 2 unspecified atom stereocenters. The number of alkyl halides is 3. The van der Waals surface area contributed by atoms with Gasteiger partial charge in [-0.2, -0.15) is 23.1 Å². The maximum atomic E-state index is 18.0. The van der Waals surface area contributed by atoms with Crippen LogP contribution in [0.2, 0.25) is 0 Å². The highest BCUT2D eigenvalue weighted by Crippen LogP contribution is 2.49. The van der Waals surface area contributed by atoms with E-state index in [1.54, 1.807) is 86.0 Å². The van der Waals surface area contributed by atoms with Gasteiger partial charge in [0.2, 0.25) is 5.88 Å². The van der Waals surface area contributed by atoms with Gasteiger partial charge in [-0.15, -0.1) is 0 Å². The molecule has 4 fully saturated rings. The minimum atomic E-state index is -5.17. The van der Waals surface area contributed by atoms with Crippen molar-refractivity contribution in [1.29, 1.82) is 0 Å². The molecular formula is C51H56F5N7O7. The highest BCUT2D eigenvalue weighted by atomic mass is 19.4. The van der Waals surface area contributed by atoms with Crippen molar-refractivity contribution >= 4 is 28.5 Å². The lowest BCUT2D eigenvalue weighted by Crippen LogP contribution is -2.65. The number of pyridine rings is 1. The fourth-order valence-corrected chi connectivity index (χ4v) is 10.9. The Morgan fingerprint density at radius 2 is 1.57 bits per heavy atom. The third-order valence-corrected chi connectivity index (χ3v) is 14.2. The summed E-state index contributed by atoms with van der Waals surface area (Å²) in [6, 6.07) is 13.8. The van der Waals surface area contributed by atoms with E-state index in [2.05, 4.69) is 14.9 Å². The standard InChI is InChI=1S/C51H56F5N7O7/c1-27-40(51(54,55)56)36(21-38(41(27)52)60(22-29-8-13-34(65-6)14-9-29)23-30-10-15-35(66-7)16-11-30)43-42(53)44-39-46(59-48(58-44)68-26-33-20-32-25-67-19-18-61(32)33)62-24-31-12-17-37(45(62)28(2)69-47(39)57-43)63(31)49(64)70-50(3,4)5/h8-11,13-16,21,28,31-33,37,45H,12,17-20,22-26H2,1-7H3/t28-,31+,32?,33?,37-,45+/m0/s1. The van der Waals surface area contributed by atoms with Gasteiger partial charge in [0, 0.05) is 43.8 Å². The molecule has 6 atom stereocenters. The summed E-state index contributed by atoms with van der Waals surface area (Å²) in [4.78, 5) is 35.5. The Hall–Kier alpha value is -6.21. The summed E-state index contributed by atoms with van der Waals surface area (Å²) >= 11 is 0. The maximum absolute atomic E-state index is 18.0. The van der Waals surface area contributed by atoms with Crippen LogP contribution in [0.1, 0.15) is 69.2 Å². The SMILES string of the molecule is COc1ccc(CN(Cc2ccc(OC)cc2)c2cc(-c3nc4c5c(nc(OCC6CC7COCCN76)nc5c3F)N3C[C@H]5CC[C@@H]([C@H]3[C@H](C)O4)N5C(=O)OC(C)(C)C)c(C(F)(F)F)c(C)c2F)cc1. The summed E-state index contributed by atoms with van der Waals surface area (Å²) < 4.78 is 117. The van der Waals surface area contributed by atoms with Gasteiger partial charge in [-0.05, 0) is 101 Å². The smallest absolute Gasteiger partial charge is 0.417 e. The van der Waals surface area contributed by atoms with E-state index in [9.17, 15) is 4.79 Å². The normalized spacial score (nSPS) is 22.9. The Morgan fingerprint density at radius 3 is 2.19 bits per heavy atom. The number of amides is 1. The molecule has 0 saturated carbocycles. The number of carbonyl (C=O) groups excluding carboxylic acids is 1. The van der Waals surface area contributed by atoms with E-state index in [0.29, 0.717) is 48.7 Å². The van der Waals surface area contributed by atoms with Gasteiger partial charge in [0.05, 0.1) is 56.8 Å². The van der Waals surface area contributed by atoms with Crippen LogP contribution in [0.4, 0.5) is 38.3 Å². The van der Waals surface area contributed by atoms with Crippen LogP contribution in [-0.2, 0) is 28.7 Å². The Kier molecular flexibility index (Phi) is 12.3. The molecule has 0 spiro atoms. The zero-order chi connectivity index (χ0) is 49.4. The fourth-order valence-electron chi connectivity index (χ4n) is 10.9. The molecule has 4 saturated heterocycles. The third-order valence-electron chi connectivity index (χ3n) is 14.2. The lowest BCUT2D eigenvalue weighted by Gasteiger charge is -2.50. The number of rotatable bonds is 11. The first-order chi connectivity index (χ1) is 33.4. The molecule has 19 heteroatoms. The number of halogens is 5. The number of benzene rings is 3. The largest absolute Gasteiger partial charge is 0.497 e.